The van der Waals surface area contributed by atoms with Gasteiger partial charge in [-0.25, -0.2) is 0 Å². The molecule has 2 aliphatic heterocycles. The van der Waals surface area contributed by atoms with Gasteiger partial charge in [0.05, 0.1) is 25.9 Å². The maximum Gasteiger partial charge on any atom is 0.108 e. The lowest BCUT2D eigenvalue weighted by Crippen LogP contribution is -2.28. The summed E-state index contributed by atoms with van der Waals surface area (Å²) in [5.74, 6) is 0.240. The number of epoxide rings is 1. The average Bonchev–Trinajstić information content (AvgIpc) is 2.64. The van der Waals surface area contributed by atoms with Crippen LogP contribution in [-0.4, -0.2) is 37.1 Å². The summed E-state index contributed by atoms with van der Waals surface area (Å²) in [6, 6.07) is 0. The lowest BCUT2D eigenvalue weighted by Gasteiger charge is -2.15. The predicted octanol–water partition coefficient (Wildman–Crippen LogP) is -0.608. The normalized spacial score (nSPS) is 48.3. The van der Waals surface area contributed by atoms with Crippen LogP contribution >= 0.6 is 0 Å². The Morgan fingerprint density at radius 1 is 1.44 bits per heavy atom. The number of aliphatic hydroxyl groups is 1. The molecule has 0 aromatic rings. The van der Waals surface area contributed by atoms with Gasteiger partial charge in [-0.3, -0.25) is 0 Å². The molecule has 52 valence electrons. The Morgan fingerprint density at radius 2 is 2.33 bits per heavy atom. The Balaban J connectivity index is 1.93. The van der Waals surface area contributed by atoms with E-state index in [0.717, 1.165) is 6.61 Å². The predicted molar refractivity (Wildman–Crippen MR) is 30.1 cm³/mol. The molecule has 0 aromatic heterocycles. The second-order valence-corrected chi connectivity index (χ2v) is 2.62. The van der Waals surface area contributed by atoms with Crippen molar-refractivity contribution in [1.82, 2.24) is 0 Å². The minimum Gasteiger partial charge on any atom is -0.396 e. The highest BCUT2D eigenvalue weighted by atomic mass is 16.6. The molecular formula is C6H10O3. The average molecular weight is 130 g/mol. The van der Waals surface area contributed by atoms with Gasteiger partial charge in [0, 0.05) is 5.92 Å². The molecule has 3 heteroatoms. The summed E-state index contributed by atoms with van der Waals surface area (Å²) in [7, 11) is 0. The van der Waals surface area contributed by atoms with Crippen molar-refractivity contribution in [3.8, 4) is 0 Å². The van der Waals surface area contributed by atoms with Crippen molar-refractivity contribution < 1.29 is 14.6 Å². The lowest BCUT2D eigenvalue weighted by atomic mass is 10.0. The van der Waals surface area contributed by atoms with Gasteiger partial charge in [0.2, 0.25) is 0 Å². The fraction of sp³-hybridized carbons (Fsp3) is 1.00. The number of hydrogen-bond acceptors (Lipinski definition) is 3. The summed E-state index contributed by atoms with van der Waals surface area (Å²) in [4.78, 5) is 0. The fourth-order valence-corrected chi connectivity index (χ4v) is 1.29. The molecule has 3 nitrogen and oxygen atoms in total. The zero-order valence-electron chi connectivity index (χ0n) is 5.12. The van der Waals surface area contributed by atoms with Gasteiger partial charge in [0.25, 0.3) is 0 Å². The van der Waals surface area contributed by atoms with E-state index in [1.54, 1.807) is 0 Å². The Hall–Kier alpha value is -0.120. The van der Waals surface area contributed by atoms with Gasteiger partial charge >= 0.3 is 0 Å². The maximum absolute atomic E-state index is 8.73. The minimum absolute atomic E-state index is 0.196. The van der Waals surface area contributed by atoms with E-state index in [1.807, 2.05) is 0 Å². The van der Waals surface area contributed by atoms with Crippen molar-refractivity contribution in [2.75, 3.05) is 19.8 Å². The molecule has 2 aliphatic rings. The highest BCUT2D eigenvalue weighted by Crippen LogP contribution is 2.33. The Labute approximate surface area is 53.6 Å². The first kappa shape index (κ1) is 5.65. The van der Waals surface area contributed by atoms with Crippen LogP contribution in [-0.2, 0) is 9.47 Å². The van der Waals surface area contributed by atoms with E-state index < -0.39 is 0 Å². The topological polar surface area (TPSA) is 42.0 Å². The Morgan fingerprint density at radius 3 is 3.00 bits per heavy atom. The second kappa shape index (κ2) is 1.94. The molecule has 0 bridgehead atoms. The standard InChI is InChI=1S/C6H10O3/c7-1-4-2-8-3-5-6(4)9-5/h4-7H,1-3H2/t4-,5-,6+/m0/s1. The van der Waals surface area contributed by atoms with Crippen molar-refractivity contribution in [3.05, 3.63) is 0 Å². The Kier molecular flexibility index (Phi) is 1.22. The second-order valence-electron chi connectivity index (χ2n) is 2.62. The molecule has 2 heterocycles. The largest absolute Gasteiger partial charge is 0.396 e. The third-order valence-electron chi connectivity index (χ3n) is 1.93. The molecule has 2 saturated heterocycles. The zero-order valence-corrected chi connectivity index (χ0v) is 5.12. The summed E-state index contributed by atoms with van der Waals surface area (Å²) >= 11 is 0. The highest BCUT2D eigenvalue weighted by molar-refractivity contribution is 4.93. The fourth-order valence-electron chi connectivity index (χ4n) is 1.29. The number of hydrogen-bond donors (Lipinski definition) is 1. The van der Waals surface area contributed by atoms with Crippen LogP contribution in [0, 0.1) is 5.92 Å². The van der Waals surface area contributed by atoms with Crippen molar-refractivity contribution in [2.24, 2.45) is 5.92 Å². The summed E-state index contributed by atoms with van der Waals surface area (Å²) < 4.78 is 10.3. The first-order valence-corrected chi connectivity index (χ1v) is 3.26. The van der Waals surface area contributed by atoms with Gasteiger partial charge < -0.3 is 14.6 Å². The molecule has 1 N–H and O–H groups in total. The molecule has 0 saturated carbocycles. The molecule has 9 heavy (non-hydrogen) atoms. The van der Waals surface area contributed by atoms with Gasteiger partial charge in [0.1, 0.15) is 6.10 Å². The highest BCUT2D eigenvalue weighted by Gasteiger charge is 2.47. The summed E-state index contributed by atoms with van der Waals surface area (Å²) in [5, 5.41) is 8.73. The molecule has 0 amide bonds. The van der Waals surface area contributed by atoms with E-state index in [9.17, 15) is 0 Å². The van der Waals surface area contributed by atoms with Crippen LogP contribution in [0.2, 0.25) is 0 Å². The van der Waals surface area contributed by atoms with Crippen LogP contribution in [0.15, 0.2) is 0 Å². The number of fused-ring (bicyclic) bond motifs is 1. The van der Waals surface area contributed by atoms with Crippen molar-refractivity contribution in [1.29, 1.82) is 0 Å². The molecule has 2 fully saturated rings. The lowest BCUT2D eigenvalue weighted by molar-refractivity contribution is 0.0500. The van der Waals surface area contributed by atoms with E-state index >= 15 is 0 Å². The molecule has 0 aliphatic carbocycles. The molecule has 0 radical (unpaired) electrons. The van der Waals surface area contributed by atoms with E-state index in [4.69, 9.17) is 14.6 Å². The van der Waals surface area contributed by atoms with Gasteiger partial charge in [-0.15, -0.1) is 0 Å². The first-order chi connectivity index (χ1) is 4.42. The van der Waals surface area contributed by atoms with Crippen LogP contribution in [0.5, 0.6) is 0 Å². The van der Waals surface area contributed by atoms with Gasteiger partial charge in [0.15, 0.2) is 0 Å². The van der Waals surface area contributed by atoms with Crippen LogP contribution in [0.4, 0.5) is 0 Å². The summed E-state index contributed by atoms with van der Waals surface area (Å²) in [6.07, 6.45) is 0.611. The maximum atomic E-state index is 8.73. The summed E-state index contributed by atoms with van der Waals surface area (Å²) in [6.45, 7) is 1.58. The van der Waals surface area contributed by atoms with Crippen LogP contribution in [0.1, 0.15) is 0 Å². The number of aliphatic hydroxyl groups excluding tert-OH is 1. The SMILES string of the molecule is OC[C@H]1COC[C@@H]2O[C@H]12. The quantitative estimate of drug-likeness (QED) is 0.481. The van der Waals surface area contributed by atoms with Crippen LogP contribution < -0.4 is 0 Å². The van der Waals surface area contributed by atoms with Crippen molar-refractivity contribution >= 4 is 0 Å². The van der Waals surface area contributed by atoms with Crippen LogP contribution in [0.3, 0.4) is 0 Å². The smallest absolute Gasteiger partial charge is 0.108 e. The van der Waals surface area contributed by atoms with E-state index in [1.165, 1.54) is 0 Å². The molecule has 3 atom stereocenters. The molecule has 0 spiro atoms. The third kappa shape index (κ3) is 0.852. The van der Waals surface area contributed by atoms with E-state index in [0.29, 0.717) is 18.8 Å². The van der Waals surface area contributed by atoms with Gasteiger partial charge in [-0.05, 0) is 0 Å². The molecule has 2 rings (SSSR count). The zero-order chi connectivity index (χ0) is 6.27. The first-order valence-electron chi connectivity index (χ1n) is 3.26. The van der Waals surface area contributed by atoms with Crippen LogP contribution in [0.25, 0.3) is 0 Å². The molecule has 0 unspecified atom stereocenters. The monoisotopic (exact) mass is 130 g/mol. The minimum atomic E-state index is 0.196. The Bertz CT molecular complexity index is 115. The van der Waals surface area contributed by atoms with Gasteiger partial charge in [-0.1, -0.05) is 0 Å². The van der Waals surface area contributed by atoms with Crippen molar-refractivity contribution in [2.45, 2.75) is 12.2 Å². The summed E-state index contributed by atoms with van der Waals surface area (Å²) in [5.41, 5.74) is 0. The number of ether oxygens (including phenoxy) is 2. The third-order valence-corrected chi connectivity index (χ3v) is 1.93. The van der Waals surface area contributed by atoms with E-state index in [-0.39, 0.29) is 12.5 Å². The number of rotatable bonds is 1. The molecular weight excluding hydrogens is 120 g/mol. The molecule has 0 aromatic carbocycles. The van der Waals surface area contributed by atoms with Gasteiger partial charge in [-0.2, -0.15) is 0 Å². The van der Waals surface area contributed by atoms with Crippen molar-refractivity contribution in [3.63, 3.8) is 0 Å². The van der Waals surface area contributed by atoms with E-state index in [2.05, 4.69) is 0 Å².